The summed E-state index contributed by atoms with van der Waals surface area (Å²) in [6.07, 6.45) is 1.51. The van der Waals surface area contributed by atoms with Crippen molar-refractivity contribution < 1.29 is 14.1 Å². The molecule has 110 valence electrons. The third-order valence-electron chi connectivity index (χ3n) is 3.77. The molecule has 5 nitrogen and oxygen atoms in total. The molecular formula is C16H20N3O2+. The largest absolute Gasteiger partial charge is 0.459 e. The van der Waals surface area contributed by atoms with Crippen LogP contribution in [-0.2, 0) is 6.54 Å². The lowest BCUT2D eigenvalue weighted by Crippen LogP contribution is -3.13. The Hall–Kier alpha value is -2.11. The summed E-state index contributed by atoms with van der Waals surface area (Å²) < 4.78 is 5.09. The number of benzene rings is 1. The van der Waals surface area contributed by atoms with E-state index in [1.54, 1.807) is 17.0 Å². The van der Waals surface area contributed by atoms with Crippen LogP contribution in [0.25, 0.3) is 0 Å². The molecule has 2 aromatic rings. The van der Waals surface area contributed by atoms with E-state index >= 15 is 0 Å². The highest BCUT2D eigenvalue weighted by Gasteiger charge is 2.22. The van der Waals surface area contributed by atoms with Crippen LogP contribution in [0.2, 0.25) is 0 Å². The standard InChI is InChI=1S/C16H19N3O2/c20-16(15-7-4-12-21-15)17-19-10-8-18(9-11-19)13-14-5-2-1-3-6-14/h1-7,12H,8-11,13H2,(H,17,20)/p+1. The third-order valence-corrected chi connectivity index (χ3v) is 3.77. The number of furan rings is 1. The van der Waals surface area contributed by atoms with E-state index in [0.717, 1.165) is 32.7 Å². The van der Waals surface area contributed by atoms with Gasteiger partial charge >= 0.3 is 5.91 Å². The zero-order valence-electron chi connectivity index (χ0n) is 11.9. The summed E-state index contributed by atoms with van der Waals surface area (Å²) in [5.74, 6) is 0.181. The number of quaternary nitrogens is 1. The minimum atomic E-state index is -0.175. The van der Waals surface area contributed by atoms with Gasteiger partial charge < -0.3 is 9.32 Å². The average Bonchev–Trinajstić information content (AvgIpc) is 3.05. The molecule has 1 aliphatic rings. The van der Waals surface area contributed by atoms with Gasteiger partial charge in [-0.2, -0.15) is 0 Å². The van der Waals surface area contributed by atoms with Crippen LogP contribution >= 0.6 is 0 Å². The highest BCUT2D eigenvalue weighted by atomic mass is 16.3. The number of carbonyl (C=O) groups excluding carboxylic acids is 1. The van der Waals surface area contributed by atoms with E-state index in [0.29, 0.717) is 5.76 Å². The monoisotopic (exact) mass is 286 g/mol. The SMILES string of the molecule is O=C(NN1CC[NH+](Cc2ccccc2)CC1)c1ccco1. The summed E-state index contributed by atoms with van der Waals surface area (Å²) in [5.41, 5.74) is 4.25. The lowest BCUT2D eigenvalue weighted by Gasteiger charge is -2.32. The molecule has 1 fully saturated rings. The Kier molecular flexibility index (Phi) is 4.33. The summed E-state index contributed by atoms with van der Waals surface area (Å²) in [5, 5.41) is 1.97. The number of rotatable bonds is 4. The van der Waals surface area contributed by atoms with Gasteiger partial charge in [0.05, 0.1) is 32.4 Å². The van der Waals surface area contributed by atoms with Crippen LogP contribution in [0.4, 0.5) is 0 Å². The summed E-state index contributed by atoms with van der Waals surface area (Å²) in [6.45, 7) is 4.80. The molecule has 5 heteroatoms. The fourth-order valence-electron chi connectivity index (χ4n) is 2.60. The summed E-state index contributed by atoms with van der Waals surface area (Å²) >= 11 is 0. The maximum absolute atomic E-state index is 11.9. The van der Waals surface area contributed by atoms with Crippen molar-refractivity contribution in [1.82, 2.24) is 10.4 Å². The van der Waals surface area contributed by atoms with Crippen molar-refractivity contribution in [3.8, 4) is 0 Å². The Morgan fingerprint density at radius 3 is 2.57 bits per heavy atom. The molecule has 1 aliphatic heterocycles. The molecule has 0 unspecified atom stereocenters. The van der Waals surface area contributed by atoms with Gasteiger partial charge in [0.15, 0.2) is 5.76 Å². The van der Waals surface area contributed by atoms with Crippen LogP contribution in [0.15, 0.2) is 53.1 Å². The van der Waals surface area contributed by atoms with E-state index in [9.17, 15) is 4.79 Å². The number of hydrazine groups is 1. The van der Waals surface area contributed by atoms with Gasteiger partial charge in [0.25, 0.3) is 0 Å². The lowest BCUT2D eigenvalue weighted by molar-refractivity contribution is -0.918. The fourth-order valence-corrected chi connectivity index (χ4v) is 2.60. The Labute approximate surface area is 124 Å². The number of piperazine rings is 1. The maximum atomic E-state index is 11.9. The number of nitrogens with one attached hydrogen (secondary N) is 2. The van der Waals surface area contributed by atoms with E-state index in [1.165, 1.54) is 11.8 Å². The number of hydrogen-bond donors (Lipinski definition) is 2. The van der Waals surface area contributed by atoms with E-state index < -0.39 is 0 Å². The molecule has 1 saturated heterocycles. The maximum Gasteiger partial charge on any atom is 0.301 e. The number of hydrogen-bond acceptors (Lipinski definition) is 3. The van der Waals surface area contributed by atoms with E-state index in [4.69, 9.17) is 4.42 Å². The van der Waals surface area contributed by atoms with E-state index in [1.807, 2.05) is 11.1 Å². The minimum absolute atomic E-state index is 0.175. The van der Waals surface area contributed by atoms with Crippen molar-refractivity contribution in [3.63, 3.8) is 0 Å². The smallest absolute Gasteiger partial charge is 0.301 e. The zero-order chi connectivity index (χ0) is 14.5. The van der Waals surface area contributed by atoms with Gasteiger partial charge in [0.2, 0.25) is 0 Å². The Bertz CT molecular complexity index is 560. The van der Waals surface area contributed by atoms with Crippen molar-refractivity contribution in [2.75, 3.05) is 26.2 Å². The Morgan fingerprint density at radius 1 is 1.14 bits per heavy atom. The highest BCUT2D eigenvalue weighted by Crippen LogP contribution is 2.00. The second-order valence-corrected chi connectivity index (χ2v) is 5.32. The van der Waals surface area contributed by atoms with Gasteiger partial charge in [-0.15, -0.1) is 0 Å². The highest BCUT2D eigenvalue weighted by molar-refractivity contribution is 5.90. The molecule has 2 N–H and O–H groups in total. The van der Waals surface area contributed by atoms with Crippen LogP contribution in [0.3, 0.4) is 0 Å². The summed E-state index contributed by atoms with van der Waals surface area (Å²) in [6, 6.07) is 13.9. The molecule has 1 amide bonds. The number of amides is 1. The third kappa shape index (κ3) is 3.71. The predicted octanol–water partition coefficient (Wildman–Crippen LogP) is 0.325. The quantitative estimate of drug-likeness (QED) is 0.851. The molecule has 0 saturated carbocycles. The van der Waals surface area contributed by atoms with Gasteiger partial charge in [0, 0.05) is 5.56 Å². The van der Waals surface area contributed by atoms with Crippen LogP contribution < -0.4 is 10.3 Å². The first kappa shape index (κ1) is 13.9. The Morgan fingerprint density at radius 2 is 1.90 bits per heavy atom. The first-order valence-corrected chi connectivity index (χ1v) is 7.28. The van der Waals surface area contributed by atoms with Crippen molar-refractivity contribution in [2.45, 2.75) is 6.54 Å². The predicted molar refractivity (Wildman–Crippen MR) is 78.6 cm³/mol. The lowest BCUT2D eigenvalue weighted by atomic mass is 10.2. The van der Waals surface area contributed by atoms with Crippen molar-refractivity contribution in [1.29, 1.82) is 0 Å². The summed E-state index contributed by atoms with van der Waals surface area (Å²) in [7, 11) is 0. The minimum Gasteiger partial charge on any atom is -0.459 e. The molecule has 0 spiro atoms. The van der Waals surface area contributed by atoms with Crippen molar-refractivity contribution in [3.05, 3.63) is 60.1 Å². The average molecular weight is 286 g/mol. The van der Waals surface area contributed by atoms with Crippen LogP contribution in [0, 0.1) is 0 Å². The number of carbonyl (C=O) groups is 1. The van der Waals surface area contributed by atoms with Crippen molar-refractivity contribution in [2.24, 2.45) is 0 Å². The fraction of sp³-hybridized carbons (Fsp3) is 0.312. The normalized spacial score (nSPS) is 16.8. The molecule has 2 heterocycles. The molecular weight excluding hydrogens is 266 g/mol. The van der Waals surface area contributed by atoms with Crippen LogP contribution in [-0.4, -0.2) is 37.1 Å². The van der Waals surface area contributed by atoms with E-state index in [2.05, 4.69) is 29.7 Å². The first-order valence-electron chi connectivity index (χ1n) is 7.28. The molecule has 0 bridgehead atoms. The van der Waals surface area contributed by atoms with Gasteiger partial charge in [-0.25, -0.2) is 5.01 Å². The van der Waals surface area contributed by atoms with Gasteiger partial charge in [-0.1, -0.05) is 30.3 Å². The topological polar surface area (TPSA) is 49.9 Å². The second-order valence-electron chi connectivity index (χ2n) is 5.32. The second kappa shape index (κ2) is 6.56. The number of nitrogens with zero attached hydrogens (tertiary/aromatic N) is 1. The zero-order valence-corrected chi connectivity index (χ0v) is 11.9. The molecule has 3 rings (SSSR count). The summed E-state index contributed by atoms with van der Waals surface area (Å²) in [4.78, 5) is 13.4. The first-order chi connectivity index (χ1) is 10.3. The molecule has 0 radical (unpaired) electrons. The Balaban J connectivity index is 1.46. The molecule has 21 heavy (non-hydrogen) atoms. The van der Waals surface area contributed by atoms with E-state index in [-0.39, 0.29) is 5.91 Å². The van der Waals surface area contributed by atoms with Crippen LogP contribution in [0.1, 0.15) is 16.1 Å². The van der Waals surface area contributed by atoms with Gasteiger partial charge in [0.1, 0.15) is 6.54 Å². The van der Waals surface area contributed by atoms with Crippen molar-refractivity contribution >= 4 is 5.91 Å². The van der Waals surface area contributed by atoms with Gasteiger partial charge in [-0.3, -0.25) is 10.2 Å². The molecule has 1 aromatic heterocycles. The molecule has 0 atom stereocenters. The molecule has 0 aliphatic carbocycles. The van der Waals surface area contributed by atoms with Gasteiger partial charge in [-0.05, 0) is 12.1 Å². The van der Waals surface area contributed by atoms with Crippen LogP contribution in [0.5, 0.6) is 0 Å². The molecule has 1 aromatic carbocycles.